The summed E-state index contributed by atoms with van der Waals surface area (Å²) in [6.45, 7) is 4.96. The largest absolute Gasteiger partial charge is 0.478 e. The molecule has 134 valence electrons. The van der Waals surface area contributed by atoms with Crippen LogP contribution in [0.25, 0.3) is 0 Å². The van der Waals surface area contributed by atoms with Crippen LogP contribution in [0, 0.1) is 6.92 Å². The maximum Gasteiger partial charge on any atom is 0.335 e. The Morgan fingerprint density at radius 3 is 2.52 bits per heavy atom. The first-order valence-corrected chi connectivity index (χ1v) is 9.22. The molecule has 0 aliphatic heterocycles. The van der Waals surface area contributed by atoms with Crippen molar-refractivity contribution in [3.8, 4) is 0 Å². The number of hydrogen-bond acceptors (Lipinski definition) is 2. The van der Waals surface area contributed by atoms with Crippen LogP contribution in [0.3, 0.4) is 0 Å². The van der Waals surface area contributed by atoms with Crippen molar-refractivity contribution < 1.29 is 9.90 Å². The molecule has 0 bridgehead atoms. The predicted octanol–water partition coefficient (Wildman–Crippen LogP) is 5.49. The molecule has 0 heterocycles. The highest BCUT2D eigenvalue weighted by Gasteiger charge is 2.14. The van der Waals surface area contributed by atoms with Gasteiger partial charge in [0, 0.05) is 12.6 Å². The second-order valence-electron chi connectivity index (χ2n) is 6.71. The zero-order valence-electron chi connectivity index (χ0n) is 15.3. The maximum atomic E-state index is 11.4. The molecule has 0 saturated carbocycles. The smallest absolute Gasteiger partial charge is 0.335 e. The van der Waals surface area contributed by atoms with E-state index in [2.05, 4.69) is 30.4 Å². The third kappa shape index (κ3) is 6.35. The van der Waals surface area contributed by atoms with Crippen LogP contribution in [0.2, 0.25) is 0 Å². The second-order valence-corrected chi connectivity index (χ2v) is 6.71. The molecule has 0 aliphatic rings. The predicted molar refractivity (Wildman–Crippen MR) is 103 cm³/mol. The molecule has 0 saturated heterocycles. The van der Waals surface area contributed by atoms with E-state index in [1.54, 1.807) is 6.07 Å². The SMILES string of the molecule is CCCCCCC(NCc1ccccc1)c1cc(C)cc(C(=O)O)c1. The topological polar surface area (TPSA) is 49.3 Å². The van der Waals surface area contributed by atoms with Crippen LogP contribution in [0.5, 0.6) is 0 Å². The van der Waals surface area contributed by atoms with E-state index >= 15 is 0 Å². The number of carboxylic acid groups (broad SMARTS) is 1. The van der Waals surface area contributed by atoms with Gasteiger partial charge in [0.2, 0.25) is 0 Å². The molecule has 1 unspecified atom stereocenters. The van der Waals surface area contributed by atoms with Gasteiger partial charge in [-0.2, -0.15) is 0 Å². The van der Waals surface area contributed by atoms with Crippen LogP contribution < -0.4 is 5.32 Å². The lowest BCUT2D eigenvalue weighted by Crippen LogP contribution is -2.21. The highest BCUT2D eigenvalue weighted by atomic mass is 16.4. The fourth-order valence-corrected chi connectivity index (χ4v) is 3.14. The summed E-state index contributed by atoms with van der Waals surface area (Å²) in [5, 5.41) is 13.0. The normalized spacial score (nSPS) is 12.1. The molecule has 3 nitrogen and oxygen atoms in total. The van der Waals surface area contributed by atoms with Crippen LogP contribution in [-0.2, 0) is 6.54 Å². The standard InChI is InChI=1S/C22H29NO2/c1-3-4-5-9-12-21(23-16-18-10-7-6-8-11-18)19-13-17(2)14-20(15-19)22(24)25/h6-8,10-11,13-15,21,23H,3-5,9,12,16H2,1-2H3,(H,24,25). The molecule has 2 N–H and O–H groups in total. The van der Waals surface area contributed by atoms with Crippen molar-refractivity contribution in [2.75, 3.05) is 0 Å². The third-order valence-corrected chi connectivity index (χ3v) is 4.49. The molecule has 2 aromatic rings. The van der Waals surface area contributed by atoms with Gasteiger partial charge in [-0.1, -0.05) is 69.0 Å². The monoisotopic (exact) mass is 339 g/mol. The van der Waals surface area contributed by atoms with E-state index in [1.165, 1.54) is 24.8 Å². The molecule has 1 atom stereocenters. The van der Waals surface area contributed by atoms with Gasteiger partial charge in [-0.15, -0.1) is 0 Å². The van der Waals surface area contributed by atoms with E-state index in [0.717, 1.165) is 30.5 Å². The second kappa shape index (κ2) is 10.00. The van der Waals surface area contributed by atoms with Crippen LogP contribution in [0.4, 0.5) is 0 Å². The minimum Gasteiger partial charge on any atom is -0.478 e. The first-order chi connectivity index (χ1) is 12.1. The average Bonchev–Trinajstić information content (AvgIpc) is 2.61. The lowest BCUT2D eigenvalue weighted by Gasteiger charge is -2.20. The van der Waals surface area contributed by atoms with Gasteiger partial charge in [-0.05, 0) is 42.2 Å². The van der Waals surface area contributed by atoms with Gasteiger partial charge >= 0.3 is 5.97 Å². The Hall–Kier alpha value is -2.13. The van der Waals surface area contributed by atoms with Crippen LogP contribution in [0.1, 0.15) is 72.1 Å². The summed E-state index contributed by atoms with van der Waals surface area (Å²) in [4.78, 5) is 11.4. The number of aromatic carboxylic acids is 1. The third-order valence-electron chi connectivity index (χ3n) is 4.49. The van der Waals surface area contributed by atoms with Crippen molar-refractivity contribution in [3.05, 3.63) is 70.8 Å². The highest BCUT2D eigenvalue weighted by Crippen LogP contribution is 2.23. The summed E-state index contributed by atoms with van der Waals surface area (Å²) < 4.78 is 0. The van der Waals surface area contributed by atoms with Gasteiger partial charge in [0.25, 0.3) is 0 Å². The first kappa shape index (κ1) is 19.2. The molecule has 0 spiro atoms. The number of hydrogen-bond donors (Lipinski definition) is 2. The minimum absolute atomic E-state index is 0.176. The molecule has 2 aromatic carbocycles. The van der Waals surface area contributed by atoms with E-state index in [4.69, 9.17) is 0 Å². The first-order valence-electron chi connectivity index (χ1n) is 9.22. The number of benzene rings is 2. The van der Waals surface area contributed by atoms with Gasteiger partial charge < -0.3 is 10.4 Å². The highest BCUT2D eigenvalue weighted by molar-refractivity contribution is 5.88. The van der Waals surface area contributed by atoms with Crippen LogP contribution in [-0.4, -0.2) is 11.1 Å². The molecule has 3 heteroatoms. The summed E-state index contributed by atoms with van der Waals surface area (Å²) in [6, 6.07) is 16.2. The van der Waals surface area contributed by atoms with Crippen molar-refractivity contribution in [2.45, 2.75) is 58.5 Å². The van der Waals surface area contributed by atoms with Gasteiger partial charge in [0.1, 0.15) is 0 Å². The zero-order valence-corrected chi connectivity index (χ0v) is 15.3. The number of carbonyl (C=O) groups is 1. The molecule has 0 fully saturated rings. The number of aryl methyl sites for hydroxylation is 1. The molecular weight excluding hydrogens is 310 g/mol. The van der Waals surface area contributed by atoms with E-state index in [9.17, 15) is 9.90 Å². The molecule has 0 radical (unpaired) electrons. The molecule has 25 heavy (non-hydrogen) atoms. The Kier molecular flexibility index (Phi) is 7.68. The Bertz CT molecular complexity index is 667. The minimum atomic E-state index is -0.863. The fraction of sp³-hybridized carbons (Fsp3) is 0.409. The van der Waals surface area contributed by atoms with Gasteiger partial charge in [-0.3, -0.25) is 0 Å². The quantitative estimate of drug-likeness (QED) is 0.562. The van der Waals surface area contributed by atoms with Crippen molar-refractivity contribution in [3.63, 3.8) is 0 Å². The summed E-state index contributed by atoms with van der Waals surface area (Å²) in [5.74, 6) is -0.863. The Balaban J connectivity index is 2.13. The summed E-state index contributed by atoms with van der Waals surface area (Å²) in [5.41, 5.74) is 3.68. The van der Waals surface area contributed by atoms with Gasteiger partial charge in [-0.25, -0.2) is 4.79 Å². The van der Waals surface area contributed by atoms with Crippen LogP contribution in [0.15, 0.2) is 48.5 Å². The average molecular weight is 339 g/mol. The number of rotatable bonds is 10. The summed E-state index contributed by atoms with van der Waals surface area (Å²) in [7, 11) is 0. The Morgan fingerprint density at radius 2 is 1.84 bits per heavy atom. The fourth-order valence-electron chi connectivity index (χ4n) is 3.14. The van der Waals surface area contributed by atoms with E-state index < -0.39 is 5.97 Å². The number of carboxylic acids is 1. The maximum absolute atomic E-state index is 11.4. The van der Waals surface area contributed by atoms with Crippen molar-refractivity contribution in [2.24, 2.45) is 0 Å². The summed E-state index contributed by atoms with van der Waals surface area (Å²) in [6.07, 6.45) is 5.86. The van der Waals surface area contributed by atoms with Crippen LogP contribution >= 0.6 is 0 Å². The lowest BCUT2D eigenvalue weighted by molar-refractivity contribution is 0.0696. The summed E-state index contributed by atoms with van der Waals surface area (Å²) >= 11 is 0. The van der Waals surface area contributed by atoms with Crippen molar-refractivity contribution >= 4 is 5.97 Å². The van der Waals surface area contributed by atoms with E-state index in [-0.39, 0.29) is 6.04 Å². The van der Waals surface area contributed by atoms with Crippen molar-refractivity contribution in [1.29, 1.82) is 0 Å². The Labute approximate surface area is 151 Å². The number of nitrogens with one attached hydrogen (secondary N) is 1. The molecule has 0 amide bonds. The lowest BCUT2D eigenvalue weighted by atomic mass is 9.96. The Morgan fingerprint density at radius 1 is 1.08 bits per heavy atom. The van der Waals surface area contributed by atoms with E-state index in [0.29, 0.717) is 5.56 Å². The van der Waals surface area contributed by atoms with Gasteiger partial charge in [0.05, 0.1) is 5.56 Å². The van der Waals surface area contributed by atoms with Gasteiger partial charge in [0.15, 0.2) is 0 Å². The molecule has 2 rings (SSSR count). The molecule has 0 aromatic heterocycles. The molecular formula is C22H29NO2. The van der Waals surface area contributed by atoms with E-state index in [1.807, 2.05) is 31.2 Å². The van der Waals surface area contributed by atoms with Crippen molar-refractivity contribution in [1.82, 2.24) is 5.32 Å². The molecule has 0 aliphatic carbocycles. The zero-order chi connectivity index (χ0) is 18.1. The number of unbranched alkanes of at least 4 members (excludes halogenated alkanes) is 3.